The molecule has 0 saturated heterocycles. The summed E-state index contributed by atoms with van der Waals surface area (Å²) in [5.74, 6) is -0.546. The van der Waals surface area contributed by atoms with E-state index >= 15 is 0 Å². The largest absolute Gasteiger partial charge is 0.467 e. The van der Waals surface area contributed by atoms with Crippen LogP contribution in [-0.4, -0.2) is 35.4 Å². The van der Waals surface area contributed by atoms with Gasteiger partial charge in [0.05, 0.1) is 7.11 Å². The molecule has 0 radical (unpaired) electrons. The summed E-state index contributed by atoms with van der Waals surface area (Å²) in [6.45, 7) is 0.511. The van der Waals surface area contributed by atoms with Crippen LogP contribution < -0.4 is 0 Å². The van der Waals surface area contributed by atoms with Crippen LogP contribution in [0, 0.1) is 0 Å². The van der Waals surface area contributed by atoms with E-state index in [2.05, 4.69) is 4.98 Å². The maximum absolute atomic E-state index is 13.0. The maximum Gasteiger partial charge on any atom is 0.333 e. The van der Waals surface area contributed by atoms with Gasteiger partial charge < -0.3 is 14.6 Å². The fraction of sp³-hybridized carbons (Fsp3) is 0.222. The van der Waals surface area contributed by atoms with E-state index in [0.29, 0.717) is 12.1 Å². The van der Waals surface area contributed by atoms with Crippen LogP contribution in [0.15, 0.2) is 41.9 Å². The molecule has 1 N–H and O–H groups in total. The third kappa shape index (κ3) is 2.30. The number of methoxy groups -OCH3 is 1. The van der Waals surface area contributed by atoms with Crippen molar-refractivity contribution in [3.8, 4) is 0 Å². The normalized spacial score (nSPS) is 16.9. The Hall–Kier alpha value is -2.60. The van der Waals surface area contributed by atoms with Crippen molar-refractivity contribution < 1.29 is 14.3 Å². The Bertz CT molecular complexity index is 927. The predicted octanol–water partition coefficient (Wildman–Crippen LogP) is 3.14. The van der Waals surface area contributed by atoms with Crippen LogP contribution in [0.1, 0.15) is 26.8 Å². The van der Waals surface area contributed by atoms with Crippen molar-refractivity contribution in [2.45, 2.75) is 12.5 Å². The number of benzene rings is 1. The molecule has 6 heteroatoms. The minimum atomic E-state index is -0.667. The van der Waals surface area contributed by atoms with Gasteiger partial charge in [-0.05, 0) is 47.7 Å². The molecule has 1 aromatic carbocycles. The van der Waals surface area contributed by atoms with Gasteiger partial charge >= 0.3 is 5.97 Å². The Morgan fingerprint density at radius 3 is 3.00 bits per heavy atom. The molecule has 0 aliphatic carbocycles. The molecule has 24 heavy (non-hydrogen) atoms. The number of ether oxygens (including phenoxy) is 1. The van der Waals surface area contributed by atoms with Gasteiger partial charge in [-0.3, -0.25) is 4.79 Å². The molecule has 1 atom stereocenters. The number of hydrogen-bond donors (Lipinski definition) is 1. The standard InChI is InChI=1S/C18H16N2O3S/c1-23-18(22)16-13-6-9-24-15(13)5-8-20(16)17(21)12-2-3-14-11(10-12)4-7-19-14/h2-4,6-7,9-10,16,19H,5,8H2,1H3. The first-order valence-corrected chi connectivity index (χ1v) is 8.59. The van der Waals surface area contributed by atoms with E-state index in [0.717, 1.165) is 27.8 Å². The lowest BCUT2D eigenvalue weighted by Gasteiger charge is -2.34. The van der Waals surface area contributed by atoms with Crippen LogP contribution >= 0.6 is 11.3 Å². The Kier molecular flexibility index (Phi) is 3.61. The van der Waals surface area contributed by atoms with Crippen molar-refractivity contribution in [1.29, 1.82) is 0 Å². The lowest BCUT2D eigenvalue weighted by Crippen LogP contribution is -2.43. The quantitative estimate of drug-likeness (QED) is 0.729. The number of fused-ring (bicyclic) bond motifs is 2. The minimum Gasteiger partial charge on any atom is -0.467 e. The lowest BCUT2D eigenvalue weighted by molar-refractivity contribution is -0.146. The summed E-state index contributed by atoms with van der Waals surface area (Å²) in [6.07, 6.45) is 2.60. The molecule has 1 aliphatic heterocycles. The Balaban J connectivity index is 1.73. The van der Waals surface area contributed by atoms with Gasteiger partial charge in [-0.25, -0.2) is 4.79 Å². The van der Waals surface area contributed by atoms with E-state index in [-0.39, 0.29) is 5.91 Å². The summed E-state index contributed by atoms with van der Waals surface area (Å²) in [7, 11) is 1.36. The first-order valence-electron chi connectivity index (χ1n) is 7.71. The number of carbonyl (C=O) groups is 2. The molecule has 3 heterocycles. The molecule has 1 aliphatic rings. The number of rotatable bonds is 2. The third-order valence-corrected chi connectivity index (χ3v) is 5.45. The Morgan fingerprint density at radius 1 is 1.29 bits per heavy atom. The second-order valence-electron chi connectivity index (χ2n) is 5.75. The van der Waals surface area contributed by atoms with E-state index in [1.807, 2.05) is 35.8 Å². The van der Waals surface area contributed by atoms with Crippen molar-refractivity contribution in [2.75, 3.05) is 13.7 Å². The van der Waals surface area contributed by atoms with Gasteiger partial charge in [0.25, 0.3) is 5.91 Å². The minimum absolute atomic E-state index is 0.148. The number of esters is 1. The van der Waals surface area contributed by atoms with Crippen molar-refractivity contribution in [2.24, 2.45) is 0 Å². The Labute approximate surface area is 142 Å². The molecular formula is C18H16N2O3S. The predicted molar refractivity (Wildman–Crippen MR) is 92.1 cm³/mol. The van der Waals surface area contributed by atoms with E-state index < -0.39 is 12.0 Å². The molecule has 5 nitrogen and oxygen atoms in total. The van der Waals surface area contributed by atoms with Gasteiger partial charge in [0.2, 0.25) is 0 Å². The summed E-state index contributed by atoms with van der Waals surface area (Å²) in [5.41, 5.74) is 2.44. The number of nitrogens with one attached hydrogen (secondary N) is 1. The highest BCUT2D eigenvalue weighted by atomic mass is 32.1. The fourth-order valence-electron chi connectivity index (χ4n) is 3.25. The number of nitrogens with zero attached hydrogens (tertiary/aromatic N) is 1. The number of thiophene rings is 1. The molecule has 0 bridgehead atoms. The molecule has 0 fully saturated rings. The van der Waals surface area contributed by atoms with Gasteiger partial charge in [0.15, 0.2) is 6.04 Å². The first kappa shape index (κ1) is 15.0. The van der Waals surface area contributed by atoms with E-state index in [9.17, 15) is 9.59 Å². The number of H-pyrrole nitrogens is 1. The van der Waals surface area contributed by atoms with Crippen molar-refractivity contribution >= 4 is 34.1 Å². The van der Waals surface area contributed by atoms with E-state index in [4.69, 9.17) is 4.74 Å². The second kappa shape index (κ2) is 5.79. The summed E-state index contributed by atoms with van der Waals surface area (Å²) in [4.78, 5) is 31.2. The summed E-state index contributed by atoms with van der Waals surface area (Å²) >= 11 is 1.62. The number of carbonyl (C=O) groups excluding carboxylic acids is 2. The summed E-state index contributed by atoms with van der Waals surface area (Å²) in [5, 5.41) is 2.93. The second-order valence-corrected chi connectivity index (χ2v) is 6.75. The van der Waals surface area contributed by atoms with Crippen LogP contribution in [0.25, 0.3) is 10.9 Å². The van der Waals surface area contributed by atoms with Crippen molar-refractivity contribution in [3.05, 3.63) is 57.9 Å². The molecule has 4 rings (SSSR count). The van der Waals surface area contributed by atoms with Crippen molar-refractivity contribution in [1.82, 2.24) is 9.88 Å². The summed E-state index contributed by atoms with van der Waals surface area (Å²) < 4.78 is 4.96. The highest BCUT2D eigenvalue weighted by molar-refractivity contribution is 7.10. The maximum atomic E-state index is 13.0. The first-order chi connectivity index (χ1) is 11.7. The van der Waals surface area contributed by atoms with Crippen LogP contribution in [0.5, 0.6) is 0 Å². The molecule has 1 amide bonds. The van der Waals surface area contributed by atoms with Crippen LogP contribution in [0.3, 0.4) is 0 Å². The molecular weight excluding hydrogens is 324 g/mol. The molecule has 0 spiro atoms. The highest BCUT2D eigenvalue weighted by Crippen LogP contribution is 2.35. The smallest absolute Gasteiger partial charge is 0.333 e. The molecule has 122 valence electrons. The SMILES string of the molecule is COC(=O)C1c2ccsc2CCN1C(=O)c1ccc2[nH]ccc2c1. The number of amides is 1. The summed E-state index contributed by atoms with van der Waals surface area (Å²) in [6, 6.07) is 8.70. The monoisotopic (exact) mass is 340 g/mol. The number of aromatic nitrogens is 1. The van der Waals surface area contributed by atoms with Crippen molar-refractivity contribution in [3.63, 3.8) is 0 Å². The van der Waals surface area contributed by atoms with Gasteiger partial charge in [0.1, 0.15) is 0 Å². The van der Waals surface area contributed by atoms with Crippen LogP contribution in [-0.2, 0) is 16.0 Å². The molecule has 3 aromatic rings. The van der Waals surface area contributed by atoms with Gasteiger partial charge in [0, 0.05) is 34.1 Å². The van der Waals surface area contributed by atoms with E-state index in [1.54, 1.807) is 22.3 Å². The van der Waals surface area contributed by atoms with Gasteiger partial charge in [-0.1, -0.05) is 0 Å². The van der Waals surface area contributed by atoms with Gasteiger partial charge in [-0.15, -0.1) is 11.3 Å². The lowest BCUT2D eigenvalue weighted by atomic mass is 9.98. The molecule has 0 saturated carbocycles. The highest BCUT2D eigenvalue weighted by Gasteiger charge is 2.37. The molecule has 2 aromatic heterocycles. The van der Waals surface area contributed by atoms with Crippen LogP contribution in [0.2, 0.25) is 0 Å². The third-order valence-electron chi connectivity index (χ3n) is 4.45. The fourth-order valence-corrected chi connectivity index (χ4v) is 4.16. The average molecular weight is 340 g/mol. The topological polar surface area (TPSA) is 62.4 Å². The van der Waals surface area contributed by atoms with Gasteiger partial charge in [-0.2, -0.15) is 0 Å². The zero-order valence-corrected chi connectivity index (χ0v) is 13.9. The number of aromatic amines is 1. The Morgan fingerprint density at radius 2 is 2.17 bits per heavy atom. The number of hydrogen-bond acceptors (Lipinski definition) is 4. The molecule has 1 unspecified atom stereocenters. The van der Waals surface area contributed by atoms with Crippen LogP contribution in [0.4, 0.5) is 0 Å². The average Bonchev–Trinajstić information content (AvgIpc) is 3.27. The zero-order chi connectivity index (χ0) is 16.7. The van der Waals surface area contributed by atoms with E-state index in [1.165, 1.54) is 7.11 Å². The zero-order valence-electron chi connectivity index (χ0n) is 13.1.